The fraction of sp³-hybridized carbons (Fsp3) is 0.364. The van der Waals surface area contributed by atoms with Gasteiger partial charge in [-0.05, 0) is 24.1 Å². The Morgan fingerprint density at radius 1 is 1.40 bits per heavy atom. The third kappa shape index (κ3) is 1.93. The molecule has 1 fully saturated rings. The van der Waals surface area contributed by atoms with Crippen molar-refractivity contribution >= 4 is 6.03 Å². The zero-order chi connectivity index (χ0) is 10.8. The minimum atomic E-state index is -0.248. The third-order valence-electron chi connectivity index (χ3n) is 2.74. The highest BCUT2D eigenvalue weighted by Gasteiger charge is 2.25. The molecule has 1 aliphatic heterocycles. The maximum atomic E-state index is 12.7. The number of benzene rings is 1. The molecule has 1 N–H and O–H groups in total. The number of urea groups is 1. The maximum Gasteiger partial charge on any atom is 0.317 e. The topological polar surface area (TPSA) is 32.3 Å². The van der Waals surface area contributed by atoms with Crippen LogP contribution in [0.2, 0.25) is 0 Å². The standard InChI is InChI=1S/C11H13FN2O/c1-14-10(6-7-13-11(14)15)8-2-4-9(12)5-3-8/h2-5,10H,6-7H2,1H3,(H,13,15). The Morgan fingerprint density at radius 3 is 2.73 bits per heavy atom. The summed E-state index contributed by atoms with van der Waals surface area (Å²) in [4.78, 5) is 13.0. The Labute approximate surface area is 87.9 Å². The molecule has 0 radical (unpaired) electrons. The molecular formula is C11H13FN2O. The molecule has 1 saturated heterocycles. The first-order chi connectivity index (χ1) is 7.18. The van der Waals surface area contributed by atoms with Crippen LogP contribution in [0.15, 0.2) is 24.3 Å². The molecule has 80 valence electrons. The van der Waals surface area contributed by atoms with Gasteiger partial charge in [-0.2, -0.15) is 0 Å². The molecule has 4 heteroatoms. The number of nitrogens with one attached hydrogen (secondary N) is 1. The van der Waals surface area contributed by atoms with Crippen LogP contribution in [-0.2, 0) is 0 Å². The fourth-order valence-corrected chi connectivity index (χ4v) is 1.85. The molecule has 1 atom stereocenters. The van der Waals surface area contributed by atoms with Gasteiger partial charge < -0.3 is 10.2 Å². The van der Waals surface area contributed by atoms with E-state index in [2.05, 4.69) is 5.32 Å². The van der Waals surface area contributed by atoms with Crippen LogP contribution in [0.3, 0.4) is 0 Å². The number of rotatable bonds is 1. The van der Waals surface area contributed by atoms with Crippen LogP contribution in [0.25, 0.3) is 0 Å². The first kappa shape index (κ1) is 9.96. The van der Waals surface area contributed by atoms with E-state index >= 15 is 0 Å². The van der Waals surface area contributed by atoms with E-state index in [9.17, 15) is 9.18 Å². The number of hydrogen-bond acceptors (Lipinski definition) is 1. The summed E-state index contributed by atoms with van der Waals surface area (Å²) in [5.74, 6) is -0.248. The zero-order valence-electron chi connectivity index (χ0n) is 8.53. The van der Waals surface area contributed by atoms with Gasteiger partial charge in [0.2, 0.25) is 0 Å². The molecule has 0 spiro atoms. The van der Waals surface area contributed by atoms with E-state index in [4.69, 9.17) is 0 Å². The van der Waals surface area contributed by atoms with Crippen molar-refractivity contribution < 1.29 is 9.18 Å². The lowest BCUT2D eigenvalue weighted by Crippen LogP contribution is -2.45. The zero-order valence-corrected chi connectivity index (χ0v) is 8.53. The molecule has 0 saturated carbocycles. The number of amides is 2. The van der Waals surface area contributed by atoms with E-state index in [1.54, 1.807) is 24.1 Å². The van der Waals surface area contributed by atoms with Gasteiger partial charge >= 0.3 is 6.03 Å². The quantitative estimate of drug-likeness (QED) is 0.751. The van der Waals surface area contributed by atoms with E-state index < -0.39 is 0 Å². The van der Waals surface area contributed by atoms with Crippen LogP contribution in [0.1, 0.15) is 18.0 Å². The van der Waals surface area contributed by atoms with Gasteiger partial charge in [-0.25, -0.2) is 9.18 Å². The molecule has 2 rings (SSSR count). The first-order valence-electron chi connectivity index (χ1n) is 4.94. The predicted octanol–water partition coefficient (Wildman–Crippen LogP) is 1.91. The van der Waals surface area contributed by atoms with Gasteiger partial charge in [0.05, 0.1) is 6.04 Å². The van der Waals surface area contributed by atoms with Gasteiger partial charge in [0.1, 0.15) is 5.82 Å². The average molecular weight is 208 g/mol. The number of hydrogen-bond donors (Lipinski definition) is 1. The highest BCUT2D eigenvalue weighted by molar-refractivity contribution is 5.75. The molecule has 0 aliphatic carbocycles. The Kier molecular flexibility index (Phi) is 2.58. The number of halogens is 1. The van der Waals surface area contributed by atoms with Crippen LogP contribution in [-0.4, -0.2) is 24.5 Å². The number of carbonyl (C=O) groups excluding carboxylic acids is 1. The smallest absolute Gasteiger partial charge is 0.317 e. The normalized spacial score (nSPS) is 21.3. The Bertz CT molecular complexity index is 363. The Balaban J connectivity index is 2.22. The van der Waals surface area contributed by atoms with Crippen molar-refractivity contribution in [3.05, 3.63) is 35.6 Å². The molecular weight excluding hydrogens is 195 g/mol. The van der Waals surface area contributed by atoms with Gasteiger partial charge in [0.25, 0.3) is 0 Å². The van der Waals surface area contributed by atoms with Crippen molar-refractivity contribution in [3.8, 4) is 0 Å². The van der Waals surface area contributed by atoms with Crippen LogP contribution in [0.5, 0.6) is 0 Å². The maximum absolute atomic E-state index is 12.7. The van der Waals surface area contributed by atoms with Crippen LogP contribution in [0.4, 0.5) is 9.18 Å². The largest absolute Gasteiger partial charge is 0.338 e. The summed E-state index contributed by atoms with van der Waals surface area (Å²) in [6, 6.07) is 6.30. The van der Waals surface area contributed by atoms with E-state index in [-0.39, 0.29) is 17.9 Å². The summed E-state index contributed by atoms with van der Waals surface area (Å²) in [5, 5.41) is 2.76. The molecule has 0 aromatic heterocycles. The van der Waals surface area contributed by atoms with Crippen molar-refractivity contribution in [2.75, 3.05) is 13.6 Å². The van der Waals surface area contributed by atoms with Gasteiger partial charge in [-0.15, -0.1) is 0 Å². The SMILES string of the molecule is CN1C(=O)NCCC1c1ccc(F)cc1. The van der Waals surface area contributed by atoms with E-state index in [1.807, 2.05) is 0 Å². The molecule has 3 nitrogen and oxygen atoms in total. The second kappa shape index (κ2) is 3.88. The predicted molar refractivity (Wildman–Crippen MR) is 54.9 cm³/mol. The monoisotopic (exact) mass is 208 g/mol. The lowest BCUT2D eigenvalue weighted by Gasteiger charge is -2.33. The van der Waals surface area contributed by atoms with Crippen molar-refractivity contribution in [1.29, 1.82) is 0 Å². The minimum Gasteiger partial charge on any atom is -0.338 e. The van der Waals surface area contributed by atoms with Crippen LogP contribution in [0, 0.1) is 5.82 Å². The lowest BCUT2D eigenvalue weighted by atomic mass is 10.0. The van der Waals surface area contributed by atoms with Crippen LogP contribution >= 0.6 is 0 Å². The van der Waals surface area contributed by atoms with Crippen molar-refractivity contribution in [2.24, 2.45) is 0 Å². The molecule has 1 aromatic carbocycles. The number of nitrogens with zero attached hydrogens (tertiary/aromatic N) is 1. The van der Waals surface area contributed by atoms with Gasteiger partial charge in [-0.3, -0.25) is 0 Å². The van der Waals surface area contributed by atoms with Gasteiger partial charge in [0.15, 0.2) is 0 Å². The lowest BCUT2D eigenvalue weighted by molar-refractivity contribution is 0.172. The van der Waals surface area contributed by atoms with Crippen molar-refractivity contribution in [2.45, 2.75) is 12.5 Å². The summed E-state index contributed by atoms with van der Waals surface area (Å²) in [7, 11) is 1.75. The summed E-state index contributed by atoms with van der Waals surface area (Å²) in [6.07, 6.45) is 0.855. The van der Waals surface area contributed by atoms with E-state index in [1.165, 1.54) is 12.1 Å². The van der Waals surface area contributed by atoms with Crippen molar-refractivity contribution in [3.63, 3.8) is 0 Å². The van der Waals surface area contributed by atoms with E-state index in [0.717, 1.165) is 12.0 Å². The van der Waals surface area contributed by atoms with Crippen molar-refractivity contribution in [1.82, 2.24) is 10.2 Å². The van der Waals surface area contributed by atoms with Gasteiger partial charge in [0, 0.05) is 13.6 Å². The molecule has 1 aromatic rings. The average Bonchev–Trinajstić information content (AvgIpc) is 2.24. The summed E-state index contributed by atoms with van der Waals surface area (Å²) < 4.78 is 12.7. The second-order valence-corrected chi connectivity index (χ2v) is 3.70. The molecule has 2 amide bonds. The number of carbonyl (C=O) groups is 1. The minimum absolute atomic E-state index is 0.0550. The summed E-state index contributed by atoms with van der Waals surface area (Å²) >= 11 is 0. The second-order valence-electron chi connectivity index (χ2n) is 3.70. The summed E-state index contributed by atoms with van der Waals surface area (Å²) in [6.45, 7) is 0.672. The molecule has 0 bridgehead atoms. The highest BCUT2D eigenvalue weighted by atomic mass is 19.1. The van der Waals surface area contributed by atoms with Crippen LogP contribution < -0.4 is 5.32 Å². The highest BCUT2D eigenvalue weighted by Crippen LogP contribution is 2.25. The molecule has 1 aliphatic rings. The molecule has 15 heavy (non-hydrogen) atoms. The Morgan fingerprint density at radius 2 is 2.07 bits per heavy atom. The molecule has 1 unspecified atom stereocenters. The first-order valence-corrected chi connectivity index (χ1v) is 4.94. The molecule has 1 heterocycles. The Hall–Kier alpha value is -1.58. The van der Waals surface area contributed by atoms with Gasteiger partial charge in [-0.1, -0.05) is 12.1 Å². The third-order valence-corrected chi connectivity index (χ3v) is 2.74. The summed E-state index contributed by atoms with van der Waals surface area (Å²) in [5.41, 5.74) is 0.980. The fourth-order valence-electron chi connectivity index (χ4n) is 1.85. The van der Waals surface area contributed by atoms with E-state index in [0.29, 0.717) is 6.54 Å².